The first-order valence-electron chi connectivity index (χ1n) is 4.83. The van der Waals surface area contributed by atoms with Crippen LogP contribution in [0.15, 0.2) is 15.4 Å². The van der Waals surface area contributed by atoms with Crippen LogP contribution in [0.25, 0.3) is 6.08 Å². The maximum absolute atomic E-state index is 11.4. The van der Waals surface area contributed by atoms with Crippen molar-refractivity contribution in [2.75, 3.05) is 13.4 Å². The van der Waals surface area contributed by atoms with E-state index < -0.39 is 20.7 Å². The van der Waals surface area contributed by atoms with Gasteiger partial charge in [0.25, 0.3) is 0 Å². The van der Waals surface area contributed by atoms with E-state index in [0.29, 0.717) is 11.5 Å². The highest BCUT2D eigenvalue weighted by Crippen LogP contribution is 2.18. The number of hydrogen-bond donors (Lipinski definition) is 0. The van der Waals surface area contributed by atoms with Crippen LogP contribution in [0.1, 0.15) is 17.1 Å². The van der Waals surface area contributed by atoms with Gasteiger partial charge < -0.3 is 9.15 Å². The first-order valence-corrected chi connectivity index (χ1v) is 6.72. The van der Waals surface area contributed by atoms with Crippen LogP contribution in [0.4, 0.5) is 0 Å². The lowest BCUT2D eigenvalue weighted by molar-refractivity contribution is -0.135. The highest BCUT2D eigenvalue weighted by atomic mass is 32.2. The molecule has 0 bridgehead atoms. The maximum atomic E-state index is 11.4. The minimum Gasteiger partial charge on any atom is -0.465 e. The molecule has 0 amide bonds. The molecule has 0 fully saturated rings. The molecule has 1 rings (SSSR count). The van der Waals surface area contributed by atoms with Crippen molar-refractivity contribution in [3.63, 3.8) is 0 Å². The molecule has 0 aromatic carbocycles. The Morgan fingerprint density at radius 3 is 2.35 bits per heavy atom. The third kappa shape index (κ3) is 3.20. The van der Waals surface area contributed by atoms with Gasteiger partial charge in [0.2, 0.25) is 0 Å². The zero-order valence-corrected chi connectivity index (χ0v) is 10.9. The predicted molar refractivity (Wildman–Crippen MR) is 63.0 cm³/mol. The Labute approximate surface area is 100.0 Å². The smallest absolute Gasteiger partial charge is 0.349 e. The van der Waals surface area contributed by atoms with Gasteiger partial charge >= 0.3 is 5.97 Å². The Kier molecular flexibility index (Phi) is 3.77. The second-order valence-corrected chi connectivity index (χ2v) is 5.64. The quantitative estimate of drug-likeness (QED) is 0.606. The van der Waals surface area contributed by atoms with Crippen molar-refractivity contribution < 1.29 is 22.4 Å². The molecule has 0 saturated carbocycles. The fourth-order valence-corrected chi connectivity index (χ4v) is 1.94. The fraction of sp³-hybridized carbons (Fsp3) is 0.364. The van der Waals surface area contributed by atoms with Crippen LogP contribution in [-0.2, 0) is 19.4 Å². The van der Waals surface area contributed by atoms with Crippen LogP contribution < -0.4 is 0 Å². The Balaban J connectivity index is 3.29. The van der Waals surface area contributed by atoms with Gasteiger partial charge in [0.15, 0.2) is 14.7 Å². The van der Waals surface area contributed by atoms with Crippen LogP contribution in [0.3, 0.4) is 0 Å². The summed E-state index contributed by atoms with van der Waals surface area (Å²) in [6.07, 6.45) is 2.11. The van der Waals surface area contributed by atoms with E-state index in [0.717, 1.165) is 18.9 Å². The first kappa shape index (κ1) is 13.5. The average molecular weight is 258 g/mol. The van der Waals surface area contributed by atoms with Crippen LogP contribution in [0.2, 0.25) is 0 Å². The molecule has 0 aliphatic heterocycles. The number of aryl methyl sites for hydroxylation is 2. The Morgan fingerprint density at radius 1 is 1.41 bits per heavy atom. The van der Waals surface area contributed by atoms with Crippen molar-refractivity contribution in [2.24, 2.45) is 0 Å². The van der Waals surface area contributed by atoms with Crippen molar-refractivity contribution in [1.29, 1.82) is 0 Å². The minimum absolute atomic E-state index is 0.311. The third-order valence-electron chi connectivity index (χ3n) is 2.24. The molecule has 0 aliphatic carbocycles. The van der Waals surface area contributed by atoms with Gasteiger partial charge in [-0.2, -0.15) is 0 Å². The van der Waals surface area contributed by atoms with Gasteiger partial charge in [0, 0.05) is 12.3 Å². The molecule has 0 radical (unpaired) electrons. The van der Waals surface area contributed by atoms with Crippen molar-refractivity contribution in [2.45, 2.75) is 13.8 Å². The van der Waals surface area contributed by atoms with E-state index in [1.54, 1.807) is 13.0 Å². The van der Waals surface area contributed by atoms with Crippen molar-refractivity contribution in [1.82, 2.24) is 0 Å². The second kappa shape index (κ2) is 4.75. The van der Waals surface area contributed by atoms with Crippen molar-refractivity contribution in [3.05, 3.63) is 28.1 Å². The van der Waals surface area contributed by atoms with Gasteiger partial charge in [0.05, 0.1) is 7.11 Å². The number of esters is 1. The number of rotatable bonds is 3. The maximum Gasteiger partial charge on any atom is 0.349 e. The van der Waals surface area contributed by atoms with Gasteiger partial charge in [-0.15, -0.1) is 0 Å². The highest BCUT2D eigenvalue weighted by molar-refractivity contribution is 7.95. The van der Waals surface area contributed by atoms with Crippen molar-refractivity contribution >= 4 is 21.9 Å². The molecule has 0 unspecified atom stereocenters. The number of sulfone groups is 1. The molecule has 0 N–H and O–H groups in total. The molecule has 1 aromatic heterocycles. The number of carbonyl (C=O) groups excluding carboxylic acids is 1. The number of carbonyl (C=O) groups is 1. The van der Waals surface area contributed by atoms with E-state index in [9.17, 15) is 13.2 Å². The lowest BCUT2D eigenvalue weighted by Gasteiger charge is -2.01. The standard InChI is InChI=1S/C11H14O5S/c1-7-5-9(16-8(7)2)6-10(11(12)15-3)17(4,13)14/h5-6H,1-4H3/b10-6-. The summed E-state index contributed by atoms with van der Waals surface area (Å²) < 4.78 is 32.5. The highest BCUT2D eigenvalue weighted by Gasteiger charge is 2.22. The lowest BCUT2D eigenvalue weighted by atomic mass is 10.3. The van der Waals surface area contributed by atoms with E-state index in [2.05, 4.69) is 4.74 Å². The zero-order chi connectivity index (χ0) is 13.2. The SMILES string of the molecule is COC(=O)/C(=C/c1cc(C)c(C)o1)S(C)(=O)=O. The molecule has 1 aromatic rings. The molecule has 0 spiro atoms. The molecule has 1 heterocycles. The summed E-state index contributed by atoms with van der Waals surface area (Å²) in [5.74, 6) is 0.0824. The van der Waals surface area contributed by atoms with Gasteiger partial charge in [0.1, 0.15) is 11.5 Å². The number of ether oxygens (including phenoxy) is 1. The van der Waals surface area contributed by atoms with Crippen LogP contribution >= 0.6 is 0 Å². The Bertz CT molecular complexity index is 543. The molecule has 0 atom stereocenters. The third-order valence-corrected chi connectivity index (χ3v) is 3.33. The summed E-state index contributed by atoms with van der Waals surface area (Å²) in [6.45, 7) is 3.58. The van der Waals surface area contributed by atoms with E-state index in [1.165, 1.54) is 6.08 Å². The molecular weight excluding hydrogens is 244 g/mol. The van der Waals surface area contributed by atoms with Crippen molar-refractivity contribution in [3.8, 4) is 0 Å². The molecule has 0 aliphatic rings. The number of methoxy groups -OCH3 is 1. The molecule has 5 nitrogen and oxygen atoms in total. The van der Waals surface area contributed by atoms with E-state index >= 15 is 0 Å². The van der Waals surface area contributed by atoms with Gasteiger partial charge in [-0.1, -0.05) is 0 Å². The lowest BCUT2D eigenvalue weighted by Crippen LogP contribution is -2.13. The molecule has 0 saturated heterocycles. The van der Waals surface area contributed by atoms with E-state index in [1.807, 2.05) is 6.92 Å². The molecule has 94 valence electrons. The number of hydrogen-bond acceptors (Lipinski definition) is 5. The van der Waals surface area contributed by atoms with Gasteiger partial charge in [-0.05, 0) is 25.5 Å². The van der Waals surface area contributed by atoms with Crippen LogP contribution in [0, 0.1) is 13.8 Å². The summed E-state index contributed by atoms with van der Waals surface area (Å²) >= 11 is 0. The second-order valence-electron chi connectivity index (χ2n) is 3.66. The van der Waals surface area contributed by atoms with E-state index in [4.69, 9.17) is 4.42 Å². The van der Waals surface area contributed by atoms with Crippen LogP contribution in [0.5, 0.6) is 0 Å². The first-order chi connectivity index (χ1) is 7.75. The minimum atomic E-state index is -3.65. The topological polar surface area (TPSA) is 73.6 Å². The van der Waals surface area contributed by atoms with E-state index in [-0.39, 0.29) is 0 Å². The molecule has 6 heteroatoms. The Hall–Kier alpha value is -1.56. The summed E-state index contributed by atoms with van der Waals surface area (Å²) in [5.41, 5.74) is 0.883. The summed E-state index contributed by atoms with van der Waals surface area (Å²) in [5, 5.41) is 0. The summed E-state index contributed by atoms with van der Waals surface area (Å²) in [4.78, 5) is 10.9. The monoisotopic (exact) mass is 258 g/mol. The summed E-state index contributed by atoms with van der Waals surface area (Å²) in [7, 11) is -2.53. The average Bonchev–Trinajstić information content (AvgIpc) is 2.52. The number of furan rings is 1. The van der Waals surface area contributed by atoms with Crippen LogP contribution in [-0.4, -0.2) is 27.8 Å². The Morgan fingerprint density at radius 2 is 2.00 bits per heavy atom. The largest absolute Gasteiger partial charge is 0.465 e. The normalized spacial score (nSPS) is 12.6. The predicted octanol–water partition coefficient (Wildman–Crippen LogP) is 1.45. The fourth-order valence-electron chi connectivity index (χ4n) is 1.22. The molecular formula is C11H14O5S. The summed E-state index contributed by atoms with van der Waals surface area (Å²) in [6, 6.07) is 1.66. The van der Waals surface area contributed by atoms with Gasteiger partial charge in [-0.3, -0.25) is 0 Å². The van der Waals surface area contributed by atoms with Gasteiger partial charge in [-0.25, -0.2) is 13.2 Å². The molecule has 17 heavy (non-hydrogen) atoms. The zero-order valence-electron chi connectivity index (χ0n) is 10.1.